The van der Waals surface area contributed by atoms with Gasteiger partial charge in [0.05, 0.1) is 30.1 Å². The molecule has 5 nitrogen and oxygen atoms in total. The van der Waals surface area contributed by atoms with Crippen molar-refractivity contribution in [2.75, 3.05) is 6.61 Å². The molecule has 0 fully saturated rings. The number of nitrogens with zero attached hydrogens (tertiary/aromatic N) is 3. The Balaban J connectivity index is 2.56. The first kappa shape index (κ1) is 15.0. The Morgan fingerprint density at radius 2 is 2.19 bits per heavy atom. The monoisotopic (exact) mass is 285 g/mol. The number of hydrogen-bond donors (Lipinski definition) is 0. The van der Waals surface area contributed by atoms with Gasteiger partial charge in [0.15, 0.2) is 0 Å². The normalized spacial score (nSPS) is 12.0. The van der Waals surface area contributed by atoms with Gasteiger partial charge in [-0.3, -0.25) is 0 Å². The van der Waals surface area contributed by atoms with Gasteiger partial charge < -0.3 is 9.30 Å². The molecule has 0 saturated carbocycles. The summed E-state index contributed by atoms with van der Waals surface area (Å²) in [7, 11) is 0. The summed E-state index contributed by atoms with van der Waals surface area (Å²) in [6.07, 6.45) is 1.69. The second kappa shape index (κ2) is 6.89. The number of carbonyl (C=O) groups is 1. The molecular formula is C16H19N3O2. The van der Waals surface area contributed by atoms with E-state index >= 15 is 0 Å². The molecule has 5 heteroatoms. The van der Waals surface area contributed by atoms with Crippen molar-refractivity contribution in [3.8, 4) is 6.07 Å². The van der Waals surface area contributed by atoms with Crippen LogP contribution in [-0.2, 0) is 16.0 Å². The van der Waals surface area contributed by atoms with Gasteiger partial charge in [-0.1, -0.05) is 25.5 Å². The summed E-state index contributed by atoms with van der Waals surface area (Å²) in [6.45, 7) is 4.16. The first-order chi connectivity index (χ1) is 10.2. The van der Waals surface area contributed by atoms with Gasteiger partial charge in [0, 0.05) is 0 Å². The van der Waals surface area contributed by atoms with E-state index in [-0.39, 0.29) is 12.4 Å². The van der Waals surface area contributed by atoms with Crippen LogP contribution in [0.5, 0.6) is 0 Å². The van der Waals surface area contributed by atoms with Gasteiger partial charge in [-0.05, 0) is 25.5 Å². The molecule has 1 aromatic heterocycles. The Bertz CT molecular complexity index is 670. The summed E-state index contributed by atoms with van der Waals surface area (Å²) in [6, 6.07) is 9.31. The van der Waals surface area contributed by atoms with Crippen molar-refractivity contribution in [1.82, 2.24) is 9.55 Å². The molecule has 0 spiro atoms. The molecule has 0 aliphatic carbocycles. The standard InChI is InChI=1S/C16H19N3O2/c1-3-7-14(16(20)21-4-2)19-13-9-6-5-8-12(13)18-15(19)10-11-17/h5-6,8-9,14H,3-4,7,10H2,1-2H3. The largest absolute Gasteiger partial charge is 0.464 e. The van der Waals surface area contributed by atoms with E-state index in [4.69, 9.17) is 10.00 Å². The van der Waals surface area contributed by atoms with Gasteiger partial charge in [0.2, 0.25) is 0 Å². The summed E-state index contributed by atoms with van der Waals surface area (Å²) < 4.78 is 7.05. The number of aromatic nitrogens is 2. The van der Waals surface area contributed by atoms with E-state index < -0.39 is 6.04 Å². The molecule has 1 heterocycles. The average Bonchev–Trinajstić information content (AvgIpc) is 2.83. The second-order valence-electron chi connectivity index (χ2n) is 4.78. The molecule has 0 amide bonds. The number of ether oxygens (including phenoxy) is 1. The predicted molar refractivity (Wildman–Crippen MR) is 79.6 cm³/mol. The van der Waals surface area contributed by atoms with Crippen LogP contribution in [0, 0.1) is 11.3 Å². The fraction of sp³-hybridized carbons (Fsp3) is 0.438. The Hall–Kier alpha value is -2.35. The third-order valence-corrected chi connectivity index (χ3v) is 3.34. The van der Waals surface area contributed by atoms with Gasteiger partial charge in [-0.2, -0.15) is 5.26 Å². The van der Waals surface area contributed by atoms with Crippen LogP contribution < -0.4 is 0 Å². The molecule has 1 unspecified atom stereocenters. The molecule has 0 aliphatic heterocycles. The van der Waals surface area contributed by atoms with Crippen LogP contribution >= 0.6 is 0 Å². The minimum atomic E-state index is -0.425. The van der Waals surface area contributed by atoms with Gasteiger partial charge in [0.25, 0.3) is 0 Å². The number of benzene rings is 1. The lowest BCUT2D eigenvalue weighted by Crippen LogP contribution is -2.23. The second-order valence-corrected chi connectivity index (χ2v) is 4.78. The van der Waals surface area contributed by atoms with Crippen LogP contribution in [0.4, 0.5) is 0 Å². The quantitative estimate of drug-likeness (QED) is 0.765. The van der Waals surface area contributed by atoms with Crippen molar-refractivity contribution in [2.24, 2.45) is 0 Å². The molecule has 0 aliphatic rings. The maximum Gasteiger partial charge on any atom is 0.329 e. The molecule has 2 aromatic rings. The topological polar surface area (TPSA) is 67.9 Å². The van der Waals surface area contributed by atoms with Crippen molar-refractivity contribution in [2.45, 2.75) is 39.2 Å². The predicted octanol–water partition coefficient (Wildman–Crippen LogP) is 3.01. The first-order valence-corrected chi connectivity index (χ1v) is 7.22. The first-order valence-electron chi connectivity index (χ1n) is 7.22. The number of imidazole rings is 1. The van der Waals surface area contributed by atoms with E-state index in [9.17, 15) is 4.79 Å². The Labute approximate surface area is 124 Å². The van der Waals surface area contributed by atoms with Crippen molar-refractivity contribution in [1.29, 1.82) is 5.26 Å². The summed E-state index contributed by atoms with van der Waals surface area (Å²) in [5.74, 6) is 0.354. The smallest absolute Gasteiger partial charge is 0.329 e. The highest BCUT2D eigenvalue weighted by Gasteiger charge is 2.25. The lowest BCUT2D eigenvalue weighted by Gasteiger charge is -2.19. The third-order valence-electron chi connectivity index (χ3n) is 3.34. The Morgan fingerprint density at radius 3 is 2.86 bits per heavy atom. The maximum absolute atomic E-state index is 12.3. The van der Waals surface area contributed by atoms with Gasteiger partial charge in [0.1, 0.15) is 11.9 Å². The number of esters is 1. The van der Waals surface area contributed by atoms with Crippen molar-refractivity contribution < 1.29 is 9.53 Å². The molecule has 110 valence electrons. The fourth-order valence-electron chi connectivity index (χ4n) is 2.50. The van der Waals surface area contributed by atoms with E-state index in [0.717, 1.165) is 17.5 Å². The highest BCUT2D eigenvalue weighted by Crippen LogP contribution is 2.25. The zero-order valence-corrected chi connectivity index (χ0v) is 12.4. The van der Waals surface area contributed by atoms with Crippen LogP contribution in [0.2, 0.25) is 0 Å². The molecule has 1 atom stereocenters. The van der Waals surface area contributed by atoms with Crippen molar-refractivity contribution >= 4 is 17.0 Å². The lowest BCUT2D eigenvalue weighted by molar-refractivity contribution is -0.147. The number of rotatable bonds is 6. The Kier molecular flexibility index (Phi) is 4.94. The van der Waals surface area contributed by atoms with Crippen LogP contribution in [0.1, 0.15) is 38.6 Å². The van der Waals surface area contributed by atoms with Crippen LogP contribution in [-0.4, -0.2) is 22.1 Å². The molecule has 0 bridgehead atoms. The van der Waals surface area contributed by atoms with Crippen molar-refractivity contribution in [3.63, 3.8) is 0 Å². The lowest BCUT2D eigenvalue weighted by atomic mass is 10.1. The highest BCUT2D eigenvalue weighted by atomic mass is 16.5. The number of hydrogen-bond acceptors (Lipinski definition) is 4. The zero-order chi connectivity index (χ0) is 15.2. The van der Waals surface area contributed by atoms with Crippen LogP contribution in [0.15, 0.2) is 24.3 Å². The Morgan fingerprint density at radius 1 is 1.43 bits per heavy atom. The van der Waals surface area contributed by atoms with E-state index in [1.54, 1.807) is 6.92 Å². The van der Waals surface area contributed by atoms with E-state index in [1.165, 1.54) is 0 Å². The van der Waals surface area contributed by atoms with Crippen LogP contribution in [0.25, 0.3) is 11.0 Å². The minimum Gasteiger partial charge on any atom is -0.464 e. The third kappa shape index (κ3) is 3.05. The molecule has 0 radical (unpaired) electrons. The summed E-state index contributed by atoms with van der Waals surface area (Å²) >= 11 is 0. The molecule has 0 N–H and O–H groups in total. The van der Waals surface area contributed by atoms with Crippen molar-refractivity contribution in [3.05, 3.63) is 30.1 Å². The SMILES string of the molecule is CCCC(C(=O)OCC)n1c(CC#N)nc2ccccc21. The summed E-state index contributed by atoms with van der Waals surface area (Å²) in [4.78, 5) is 16.8. The zero-order valence-electron chi connectivity index (χ0n) is 12.4. The average molecular weight is 285 g/mol. The van der Waals surface area contributed by atoms with Crippen LogP contribution in [0.3, 0.4) is 0 Å². The van der Waals surface area contributed by atoms with Gasteiger partial charge in [-0.25, -0.2) is 9.78 Å². The fourth-order valence-corrected chi connectivity index (χ4v) is 2.50. The summed E-state index contributed by atoms with van der Waals surface area (Å²) in [5.41, 5.74) is 1.67. The number of nitriles is 1. The number of para-hydroxylation sites is 2. The van der Waals surface area contributed by atoms with E-state index in [0.29, 0.717) is 18.9 Å². The van der Waals surface area contributed by atoms with E-state index in [1.807, 2.05) is 35.8 Å². The summed E-state index contributed by atoms with van der Waals surface area (Å²) in [5, 5.41) is 9.00. The molecule has 2 rings (SSSR count). The minimum absolute atomic E-state index is 0.175. The van der Waals surface area contributed by atoms with Gasteiger partial charge >= 0.3 is 5.97 Å². The number of carbonyl (C=O) groups excluding carboxylic acids is 1. The molecule has 1 aromatic carbocycles. The highest BCUT2D eigenvalue weighted by molar-refractivity contribution is 5.81. The maximum atomic E-state index is 12.3. The van der Waals surface area contributed by atoms with E-state index in [2.05, 4.69) is 11.1 Å². The molecule has 0 saturated heterocycles. The number of fused-ring (bicyclic) bond motifs is 1. The van der Waals surface area contributed by atoms with Gasteiger partial charge in [-0.15, -0.1) is 0 Å². The molecular weight excluding hydrogens is 266 g/mol. The molecule has 21 heavy (non-hydrogen) atoms.